The fourth-order valence-corrected chi connectivity index (χ4v) is 3.16. The minimum absolute atomic E-state index is 0.132. The highest BCUT2D eigenvalue weighted by Gasteiger charge is 2.04. The molecular formula is C17H34P+. The Morgan fingerprint density at radius 2 is 1.67 bits per heavy atom. The zero-order chi connectivity index (χ0) is 14.0. The highest BCUT2D eigenvalue weighted by atomic mass is 31.1. The lowest BCUT2D eigenvalue weighted by Crippen LogP contribution is -1.98. The van der Waals surface area contributed by atoms with Gasteiger partial charge in [-0.25, -0.2) is 0 Å². The van der Waals surface area contributed by atoms with E-state index in [0.717, 1.165) is 11.8 Å². The molecule has 0 aliphatic rings. The van der Waals surface area contributed by atoms with E-state index in [1.165, 1.54) is 32.1 Å². The van der Waals surface area contributed by atoms with Crippen molar-refractivity contribution in [2.24, 2.45) is 17.8 Å². The van der Waals surface area contributed by atoms with Crippen LogP contribution in [0.5, 0.6) is 0 Å². The SMILES string of the molecule is CCC(C=[P+](C)C)/C=C/CCC(C)CCC(C)C. The molecule has 0 aliphatic heterocycles. The largest absolute Gasteiger partial charge is 0.0954 e. The van der Waals surface area contributed by atoms with Crippen LogP contribution in [-0.2, 0) is 0 Å². The highest BCUT2D eigenvalue weighted by molar-refractivity contribution is 7.55. The molecule has 0 amide bonds. The molecule has 0 bridgehead atoms. The maximum absolute atomic E-state index is 2.52. The van der Waals surface area contributed by atoms with Crippen LogP contribution < -0.4 is 0 Å². The van der Waals surface area contributed by atoms with Gasteiger partial charge in [0.25, 0.3) is 0 Å². The van der Waals surface area contributed by atoms with Crippen LogP contribution in [-0.4, -0.2) is 19.1 Å². The summed E-state index contributed by atoms with van der Waals surface area (Å²) in [6.45, 7) is 14.0. The summed E-state index contributed by atoms with van der Waals surface area (Å²) in [6.07, 6.45) is 11.5. The fourth-order valence-electron chi connectivity index (χ4n) is 2.09. The molecule has 0 saturated heterocycles. The summed E-state index contributed by atoms with van der Waals surface area (Å²) in [5.41, 5.74) is 0. The molecular weight excluding hydrogens is 235 g/mol. The quantitative estimate of drug-likeness (QED) is 0.357. The van der Waals surface area contributed by atoms with Crippen molar-refractivity contribution >= 4 is 13.3 Å². The second kappa shape index (κ2) is 10.8. The van der Waals surface area contributed by atoms with E-state index in [0.29, 0.717) is 5.92 Å². The molecule has 0 saturated carbocycles. The molecule has 106 valence electrons. The molecule has 0 nitrogen and oxygen atoms in total. The summed E-state index contributed by atoms with van der Waals surface area (Å²) in [7, 11) is 0.132. The van der Waals surface area contributed by atoms with Gasteiger partial charge in [0.2, 0.25) is 0 Å². The van der Waals surface area contributed by atoms with E-state index in [-0.39, 0.29) is 7.55 Å². The molecule has 0 fully saturated rings. The normalized spacial score (nSPS) is 15.1. The highest BCUT2D eigenvalue weighted by Crippen LogP contribution is 2.18. The van der Waals surface area contributed by atoms with Crippen LogP contribution in [0.4, 0.5) is 0 Å². The van der Waals surface area contributed by atoms with E-state index >= 15 is 0 Å². The summed E-state index contributed by atoms with van der Waals surface area (Å²) in [4.78, 5) is 0. The standard InChI is InChI=1S/C17H34P/c1-7-17(14-18(5)6)11-9-8-10-16(4)13-12-15(2)3/h9,11,14-17H,7-8,10,12-13H2,1-6H3/q+1/b11-9+. The third kappa shape index (κ3) is 11.0. The number of allylic oxidation sites excluding steroid dienone is 2. The maximum atomic E-state index is 2.52. The van der Waals surface area contributed by atoms with Crippen molar-refractivity contribution < 1.29 is 0 Å². The summed E-state index contributed by atoms with van der Waals surface area (Å²) in [5, 5.41) is 0. The first-order valence-corrected chi connectivity index (χ1v) is 9.94. The van der Waals surface area contributed by atoms with Crippen molar-refractivity contribution in [3.05, 3.63) is 12.2 Å². The lowest BCUT2D eigenvalue weighted by molar-refractivity contribution is 0.430. The van der Waals surface area contributed by atoms with Crippen molar-refractivity contribution in [2.45, 2.75) is 59.8 Å². The Hall–Kier alpha value is -0.0900. The Labute approximate surface area is 117 Å². The summed E-state index contributed by atoms with van der Waals surface area (Å²) < 4.78 is 0. The van der Waals surface area contributed by atoms with Gasteiger partial charge in [-0.1, -0.05) is 52.7 Å². The van der Waals surface area contributed by atoms with Crippen molar-refractivity contribution in [3.8, 4) is 0 Å². The average Bonchev–Trinajstić information content (AvgIpc) is 2.29. The number of rotatable bonds is 9. The lowest BCUT2D eigenvalue weighted by Gasteiger charge is -2.11. The summed E-state index contributed by atoms with van der Waals surface area (Å²) >= 11 is 0. The summed E-state index contributed by atoms with van der Waals surface area (Å²) in [6, 6.07) is 0. The van der Waals surface area contributed by atoms with Crippen LogP contribution in [0.3, 0.4) is 0 Å². The van der Waals surface area contributed by atoms with Crippen molar-refractivity contribution in [1.29, 1.82) is 0 Å². The Morgan fingerprint density at radius 1 is 1.00 bits per heavy atom. The van der Waals surface area contributed by atoms with Gasteiger partial charge in [-0.3, -0.25) is 0 Å². The van der Waals surface area contributed by atoms with Gasteiger partial charge in [-0.15, -0.1) is 0 Å². The minimum Gasteiger partial charge on any atom is -0.0878 e. The molecule has 2 atom stereocenters. The smallest absolute Gasteiger partial charge is 0.0878 e. The first kappa shape index (κ1) is 17.9. The molecule has 18 heavy (non-hydrogen) atoms. The van der Waals surface area contributed by atoms with Gasteiger partial charge in [0.05, 0.1) is 26.7 Å². The lowest BCUT2D eigenvalue weighted by atomic mass is 9.95. The monoisotopic (exact) mass is 269 g/mol. The molecule has 0 aromatic carbocycles. The van der Waals surface area contributed by atoms with Crippen LogP contribution in [0, 0.1) is 17.8 Å². The second-order valence-corrected chi connectivity index (χ2v) is 8.49. The molecule has 0 radical (unpaired) electrons. The topological polar surface area (TPSA) is 0 Å². The van der Waals surface area contributed by atoms with Gasteiger partial charge in [0, 0.05) is 5.92 Å². The minimum atomic E-state index is 0.132. The van der Waals surface area contributed by atoms with Crippen molar-refractivity contribution in [2.75, 3.05) is 13.3 Å². The van der Waals surface area contributed by atoms with E-state index in [1.807, 2.05) is 0 Å². The molecule has 0 spiro atoms. The Kier molecular flexibility index (Phi) is 10.7. The van der Waals surface area contributed by atoms with E-state index in [2.05, 4.69) is 59.0 Å². The first-order chi connectivity index (χ1) is 8.45. The van der Waals surface area contributed by atoms with Crippen LogP contribution in [0.25, 0.3) is 0 Å². The fraction of sp³-hybridized carbons (Fsp3) is 0.824. The van der Waals surface area contributed by atoms with E-state index in [1.54, 1.807) is 0 Å². The number of hydrogen-bond donors (Lipinski definition) is 0. The summed E-state index contributed by atoms with van der Waals surface area (Å²) in [5.74, 6) is 4.97. The number of hydrogen-bond acceptors (Lipinski definition) is 0. The van der Waals surface area contributed by atoms with Crippen LogP contribution in [0.15, 0.2) is 12.2 Å². The van der Waals surface area contributed by atoms with E-state index in [9.17, 15) is 0 Å². The van der Waals surface area contributed by atoms with Gasteiger partial charge in [-0.05, 0) is 31.1 Å². The third-order valence-electron chi connectivity index (χ3n) is 3.41. The van der Waals surface area contributed by atoms with Crippen LogP contribution >= 0.6 is 7.55 Å². The van der Waals surface area contributed by atoms with Gasteiger partial charge < -0.3 is 0 Å². The third-order valence-corrected chi connectivity index (χ3v) is 4.39. The Bertz CT molecular complexity index is 246. The van der Waals surface area contributed by atoms with Gasteiger partial charge in [0.15, 0.2) is 0 Å². The molecule has 0 aromatic rings. The average molecular weight is 269 g/mol. The zero-order valence-corrected chi connectivity index (χ0v) is 14.3. The maximum Gasteiger partial charge on any atom is 0.0954 e. The second-order valence-electron chi connectivity index (χ2n) is 6.27. The van der Waals surface area contributed by atoms with Crippen molar-refractivity contribution in [1.82, 2.24) is 0 Å². The molecule has 1 heteroatoms. The predicted molar refractivity (Wildman–Crippen MR) is 90.2 cm³/mol. The van der Waals surface area contributed by atoms with Gasteiger partial charge in [-0.2, -0.15) is 0 Å². The van der Waals surface area contributed by atoms with E-state index in [4.69, 9.17) is 0 Å². The van der Waals surface area contributed by atoms with E-state index < -0.39 is 0 Å². The molecule has 0 aliphatic carbocycles. The molecule has 0 N–H and O–H groups in total. The molecule has 2 unspecified atom stereocenters. The zero-order valence-electron chi connectivity index (χ0n) is 13.4. The Morgan fingerprint density at radius 3 is 2.17 bits per heavy atom. The molecule has 0 heterocycles. The van der Waals surface area contributed by atoms with Crippen LogP contribution in [0.2, 0.25) is 0 Å². The van der Waals surface area contributed by atoms with Gasteiger partial charge >= 0.3 is 0 Å². The Balaban J connectivity index is 3.84. The molecule has 0 rings (SSSR count). The molecule has 0 aromatic heterocycles. The van der Waals surface area contributed by atoms with Crippen LogP contribution in [0.1, 0.15) is 59.8 Å². The van der Waals surface area contributed by atoms with Crippen molar-refractivity contribution in [3.63, 3.8) is 0 Å². The van der Waals surface area contributed by atoms with Gasteiger partial charge in [0.1, 0.15) is 0 Å². The first-order valence-electron chi connectivity index (χ1n) is 7.63. The predicted octanol–water partition coefficient (Wildman–Crippen LogP) is 5.97.